The normalized spacial score (nSPS) is 11.3. The third kappa shape index (κ3) is 2.40. The minimum atomic E-state index is -2.36. The Morgan fingerprint density at radius 2 is 2.08 bits per heavy atom. The van der Waals surface area contributed by atoms with Crippen LogP contribution >= 0.6 is 0 Å². The molecular formula is C8H12N2O2Sn. The molecule has 70 valence electrons. The number of nitro groups is 1. The molecule has 4 nitrogen and oxygen atoms in total. The van der Waals surface area contributed by atoms with E-state index in [2.05, 4.69) is 19.8 Å². The summed E-state index contributed by atoms with van der Waals surface area (Å²) in [5, 5.41) is 10.6. The Morgan fingerprint density at radius 3 is 2.46 bits per heavy atom. The van der Waals surface area contributed by atoms with Gasteiger partial charge in [0.15, 0.2) is 0 Å². The van der Waals surface area contributed by atoms with Crippen LogP contribution in [0.15, 0.2) is 18.3 Å². The first-order chi connectivity index (χ1) is 5.93. The van der Waals surface area contributed by atoms with Crippen molar-refractivity contribution in [1.29, 1.82) is 0 Å². The molecule has 0 amide bonds. The van der Waals surface area contributed by atoms with Crippen molar-refractivity contribution in [2.75, 3.05) is 0 Å². The van der Waals surface area contributed by atoms with Crippen molar-refractivity contribution >= 4 is 27.8 Å². The van der Waals surface area contributed by atoms with Gasteiger partial charge in [-0.25, -0.2) is 0 Å². The fourth-order valence-corrected chi connectivity index (χ4v) is 5.19. The zero-order chi connectivity index (χ0) is 10.1. The van der Waals surface area contributed by atoms with E-state index in [1.807, 2.05) is 6.07 Å². The number of aromatic nitrogens is 1. The van der Waals surface area contributed by atoms with Crippen LogP contribution in [0, 0.1) is 10.1 Å². The second-order valence-electron chi connectivity index (χ2n) is 3.88. The van der Waals surface area contributed by atoms with Gasteiger partial charge in [0.05, 0.1) is 0 Å². The van der Waals surface area contributed by atoms with Crippen molar-refractivity contribution < 1.29 is 4.92 Å². The summed E-state index contributed by atoms with van der Waals surface area (Å²) < 4.78 is 0.877. The molecule has 0 spiro atoms. The van der Waals surface area contributed by atoms with Gasteiger partial charge in [0.25, 0.3) is 0 Å². The summed E-state index contributed by atoms with van der Waals surface area (Å²) >= 11 is -2.36. The summed E-state index contributed by atoms with van der Waals surface area (Å²) in [6, 6.07) is 3.60. The molecule has 1 aromatic heterocycles. The van der Waals surface area contributed by atoms with E-state index in [1.54, 1.807) is 6.07 Å². The Hall–Kier alpha value is -0.651. The molecule has 13 heavy (non-hydrogen) atoms. The molecule has 1 aromatic rings. The van der Waals surface area contributed by atoms with Crippen LogP contribution in [0.25, 0.3) is 0 Å². The first-order valence-corrected chi connectivity index (χ1v) is 14.0. The fraction of sp³-hybridized carbons (Fsp3) is 0.375. The molecule has 0 aliphatic carbocycles. The number of hydrogen-bond donors (Lipinski definition) is 0. The molecule has 5 heteroatoms. The third-order valence-electron chi connectivity index (χ3n) is 1.77. The van der Waals surface area contributed by atoms with E-state index in [9.17, 15) is 10.1 Å². The minimum absolute atomic E-state index is 0.0470. The van der Waals surface area contributed by atoms with Gasteiger partial charge in [0, 0.05) is 0 Å². The molecule has 0 saturated carbocycles. The average molecular weight is 287 g/mol. The van der Waals surface area contributed by atoms with E-state index >= 15 is 0 Å². The number of rotatable bonds is 2. The summed E-state index contributed by atoms with van der Waals surface area (Å²) in [4.78, 5) is 20.5. The van der Waals surface area contributed by atoms with Gasteiger partial charge >= 0.3 is 80.9 Å². The average Bonchev–Trinajstić information content (AvgIpc) is 2.03. The van der Waals surface area contributed by atoms with Gasteiger partial charge in [0.1, 0.15) is 0 Å². The van der Waals surface area contributed by atoms with Crippen LogP contribution < -0.4 is 3.58 Å². The molecule has 0 fully saturated rings. The molecule has 0 aliphatic rings. The van der Waals surface area contributed by atoms with Gasteiger partial charge < -0.3 is 0 Å². The Bertz CT molecular complexity index is 333. The van der Waals surface area contributed by atoms with Crippen LogP contribution in [0.2, 0.25) is 14.8 Å². The summed E-state index contributed by atoms with van der Waals surface area (Å²) in [6.45, 7) is 0. The third-order valence-corrected chi connectivity index (χ3v) is 7.49. The summed E-state index contributed by atoms with van der Waals surface area (Å²) in [5.41, 5.74) is 0. The molecule has 0 bridgehead atoms. The Kier molecular flexibility index (Phi) is 2.90. The number of nitrogens with zero attached hydrogens (tertiary/aromatic N) is 2. The SMILES string of the molecule is [CH3][Sn]([CH3])([CH3])[c]1cccnc1[N+](=O)[O-]. The van der Waals surface area contributed by atoms with Gasteiger partial charge in [-0.15, -0.1) is 0 Å². The van der Waals surface area contributed by atoms with E-state index < -0.39 is 23.3 Å². The van der Waals surface area contributed by atoms with Crippen molar-refractivity contribution in [3.8, 4) is 0 Å². The molecule has 1 heterocycles. The maximum atomic E-state index is 10.6. The molecule has 0 aliphatic heterocycles. The number of pyridine rings is 1. The van der Waals surface area contributed by atoms with Crippen molar-refractivity contribution in [1.82, 2.24) is 4.98 Å². The van der Waals surface area contributed by atoms with Crippen LogP contribution in [-0.4, -0.2) is 28.3 Å². The molecule has 0 aromatic carbocycles. The zero-order valence-corrected chi connectivity index (χ0v) is 10.8. The first-order valence-electron chi connectivity index (χ1n) is 4.03. The van der Waals surface area contributed by atoms with Gasteiger partial charge in [-0.3, -0.25) is 0 Å². The van der Waals surface area contributed by atoms with E-state index in [0.717, 1.165) is 3.58 Å². The second-order valence-corrected chi connectivity index (χ2v) is 18.3. The predicted molar refractivity (Wildman–Crippen MR) is 53.9 cm³/mol. The van der Waals surface area contributed by atoms with Crippen LogP contribution in [0.1, 0.15) is 0 Å². The molecule has 1 rings (SSSR count). The summed E-state index contributed by atoms with van der Waals surface area (Å²) in [6.07, 6.45) is 1.47. The fourth-order valence-electron chi connectivity index (χ4n) is 1.13. The Balaban J connectivity index is 3.28. The topological polar surface area (TPSA) is 56.0 Å². The van der Waals surface area contributed by atoms with Crippen LogP contribution in [0.3, 0.4) is 0 Å². The summed E-state index contributed by atoms with van der Waals surface area (Å²) in [5.74, 6) is 0.0470. The van der Waals surface area contributed by atoms with Crippen LogP contribution in [0.4, 0.5) is 5.82 Å². The second kappa shape index (κ2) is 3.61. The Morgan fingerprint density at radius 1 is 1.46 bits per heavy atom. The Labute approximate surface area is 81.0 Å². The maximum absolute atomic E-state index is 10.6. The summed E-state index contributed by atoms with van der Waals surface area (Å²) in [7, 11) is 0. The standard InChI is InChI=1S/C5H3N2O2.3CH3.Sn/c8-7(9)5-3-1-2-4-6-5;;;;/h1-2,4H;3*1H3;. The molecule has 0 N–H and O–H groups in total. The molecule has 0 saturated heterocycles. The molecule has 0 atom stereocenters. The van der Waals surface area contributed by atoms with Crippen molar-refractivity contribution in [2.45, 2.75) is 14.8 Å². The monoisotopic (exact) mass is 288 g/mol. The number of hydrogen-bond acceptors (Lipinski definition) is 3. The molecule has 0 radical (unpaired) electrons. The van der Waals surface area contributed by atoms with Crippen molar-refractivity contribution in [3.63, 3.8) is 0 Å². The first kappa shape index (κ1) is 10.4. The van der Waals surface area contributed by atoms with Crippen LogP contribution in [-0.2, 0) is 0 Å². The van der Waals surface area contributed by atoms with Gasteiger partial charge in [-0.1, -0.05) is 0 Å². The molecule has 0 unspecified atom stereocenters. The van der Waals surface area contributed by atoms with Gasteiger partial charge in [-0.2, -0.15) is 0 Å². The van der Waals surface area contributed by atoms with E-state index in [-0.39, 0.29) is 5.82 Å². The van der Waals surface area contributed by atoms with E-state index in [4.69, 9.17) is 0 Å². The van der Waals surface area contributed by atoms with Gasteiger partial charge in [0.2, 0.25) is 0 Å². The zero-order valence-electron chi connectivity index (χ0n) is 7.94. The van der Waals surface area contributed by atoms with E-state index in [0.29, 0.717) is 0 Å². The molecular weight excluding hydrogens is 275 g/mol. The van der Waals surface area contributed by atoms with E-state index in [1.165, 1.54) is 6.20 Å². The van der Waals surface area contributed by atoms with Gasteiger partial charge in [-0.05, 0) is 0 Å². The van der Waals surface area contributed by atoms with Crippen LogP contribution in [0.5, 0.6) is 0 Å². The predicted octanol–water partition coefficient (Wildman–Crippen LogP) is 1.53. The van der Waals surface area contributed by atoms with Crippen molar-refractivity contribution in [3.05, 3.63) is 28.4 Å². The quantitative estimate of drug-likeness (QED) is 0.471. The van der Waals surface area contributed by atoms with Crippen molar-refractivity contribution in [2.24, 2.45) is 0 Å².